The molecule has 3 aromatic heterocycles. The summed E-state index contributed by atoms with van der Waals surface area (Å²) in [6, 6.07) is 11.3. The third-order valence-electron chi connectivity index (χ3n) is 4.73. The van der Waals surface area contributed by atoms with Crippen molar-refractivity contribution in [2.24, 2.45) is 0 Å². The second kappa shape index (κ2) is 8.50. The van der Waals surface area contributed by atoms with Crippen LogP contribution in [0.5, 0.6) is 0 Å². The van der Waals surface area contributed by atoms with E-state index in [2.05, 4.69) is 5.32 Å². The molecule has 0 saturated heterocycles. The number of aromatic nitrogens is 2. The fraction of sp³-hybridized carbons (Fsp3) is 0.190. The quantitative estimate of drug-likeness (QED) is 0.491. The molecule has 9 heteroatoms. The number of halogens is 1. The topological polar surface area (TPSA) is 86.2 Å². The van der Waals surface area contributed by atoms with E-state index in [1.165, 1.54) is 28.2 Å². The maximum absolute atomic E-state index is 14.1. The molecule has 0 aliphatic carbocycles. The van der Waals surface area contributed by atoms with Gasteiger partial charge in [0.2, 0.25) is 5.91 Å². The minimum Gasteiger partial charge on any atom is -0.467 e. The summed E-state index contributed by atoms with van der Waals surface area (Å²) in [5, 5.41) is 4.40. The Kier molecular flexibility index (Phi) is 5.62. The monoisotopic (exact) mass is 427 g/mol. The van der Waals surface area contributed by atoms with Gasteiger partial charge in [-0.1, -0.05) is 18.2 Å². The number of amides is 1. The normalized spacial score (nSPS) is 11.1. The van der Waals surface area contributed by atoms with Gasteiger partial charge >= 0.3 is 5.69 Å². The van der Waals surface area contributed by atoms with Gasteiger partial charge < -0.3 is 9.73 Å². The number of rotatable bonds is 7. The predicted molar refractivity (Wildman–Crippen MR) is 111 cm³/mol. The van der Waals surface area contributed by atoms with E-state index in [1.54, 1.807) is 41.8 Å². The van der Waals surface area contributed by atoms with Crippen molar-refractivity contribution >= 4 is 27.5 Å². The van der Waals surface area contributed by atoms with E-state index in [9.17, 15) is 18.8 Å². The number of thiophene rings is 1. The highest BCUT2D eigenvalue weighted by Crippen LogP contribution is 2.17. The lowest BCUT2D eigenvalue weighted by atomic mass is 10.2. The van der Waals surface area contributed by atoms with Crippen LogP contribution in [0.25, 0.3) is 10.2 Å². The van der Waals surface area contributed by atoms with Crippen LogP contribution in [0.3, 0.4) is 0 Å². The van der Waals surface area contributed by atoms with E-state index >= 15 is 0 Å². The lowest BCUT2D eigenvalue weighted by Crippen LogP contribution is -2.41. The van der Waals surface area contributed by atoms with Crippen LogP contribution in [0, 0.1) is 5.82 Å². The zero-order chi connectivity index (χ0) is 21.1. The van der Waals surface area contributed by atoms with Crippen LogP contribution in [0.2, 0.25) is 0 Å². The Morgan fingerprint density at radius 2 is 1.93 bits per heavy atom. The first-order valence-electron chi connectivity index (χ1n) is 9.28. The van der Waals surface area contributed by atoms with Crippen LogP contribution in [0.1, 0.15) is 17.7 Å². The molecule has 3 heterocycles. The van der Waals surface area contributed by atoms with E-state index < -0.39 is 17.1 Å². The lowest BCUT2D eigenvalue weighted by Gasteiger charge is -2.13. The SMILES string of the molecule is O=C(CCn1c(=O)c2sccc2n(Cc2ccccc2F)c1=O)NCc1ccco1. The van der Waals surface area contributed by atoms with Gasteiger partial charge in [0.1, 0.15) is 16.3 Å². The first-order chi connectivity index (χ1) is 14.5. The van der Waals surface area contributed by atoms with Crippen molar-refractivity contribution in [3.63, 3.8) is 0 Å². The Morgan fingerprint density at radius 1 is 1.10 bits per heavy atom. The third-order valence-corrected chi connectivity index (χ3v) is 5.62. The van der Waals surface area contributed by atoms with Gasteiger partial charge in [-0.3, -0.25) is 18.7 Å². The average molecular weight is 427 g/mol. The van der Waals surface area contributed by atoms with Gasteiger partial charge in [-0.05, 0) is 29.6 Å². The Labute approximate surface area is 174 Å². The van der Waals surface area contributed by atoms with E-state index in [0.29, 0.717) is 21.5 Å². The first-order valence-corrected chi connectivity index (χ1v) is 10.2. The summed E-state index contributed by atoms with van der Waals surface area (Å²) in [6.07, 6.45) is 1.46. The van der Waals surface area contributed by atoms with Gasteiger partial charge in [0.15, 0.2) is 0 Å². The minimum absolute atomic E-state index is 0.0102. The molecule has 0 saturated carbocycles. The van der Waals surface area contributed by atoms with Crippen LogP contribution in [0.15, 0.2) is 68.1 Å². The van der Waals surface area contributed by atoms with Crippen molar-refractivity contribution < 1.29 is 13.6 Å². The standard InChI is InChI=1S/C21H18FN3O4S/c22-16-6-2-1-4-14(16)13-25-17-8-11-30-19(17)20(27)24(21(25)28)9-7-18(26)23-12-15-5-3-10-29-15/h1-6,8,10-11H,7,9,12-13H2,(H,23,26). The molecule has 0 unspecified atom stereocenters. The van der Waals surface area contributed by atoms with Crippen LogP contribution < -0.4 is 16.6 Å². The molecule has 30 heavy (non-hydrogen) atoms. The molecule has 0 spiro atoms. The Hall–Kier alpha value is -3.46. The zero-order valence-electron chi connectivity index (χ0n) is 15.8. The van der Waals surface area contributed by atoms with Gasteiger partial charge in [-0.25, -0.2) is 9.18 Å². The Balaban J connectivity index is 1.60. The molecule has 7 nitrogen and oxygen atoms in total. The van der Waals surface area contributed by atoms with Crippen LogP contribution in [0.4, 0.5) is 4.39 Å². The van der Waals surface area contributed by atoms with Crippen LogP contribution in [-0.2, 0) is 24.4 Å². The minimum atomic E-state index is -0.576. The van der Waals surface area contributed by atoms with Gasteiger partial charge in [0.25, 0.3) is 5.56 Å². The molecule has 1 aromatic carbocycles. The summed E-state index contributed by atoms with van der Waals surface area (Å²) in [4.78, 5) is 38.0. The van der Waals surface area contributed by atoms with Crippen LogP contribution >= 0.6 is 11.3 Å². The van der Waals surface area contributed by atoms with Crippen molar-refractivity contribution in [3.8, 4) is 0 Å². The maximum Gasteiger partial charge on any atom is 0.331 e. The van der Waals surface area contributed by atoms with E-state index in [4.69, 9.17) is 4.42 Å². The molecule has 0 fully saturated rings. The predicted octanol–water partition coefficient (Wildman–Crippen LogP) is 2.71. The van der Waals surface area contributed by atoms with E-state index in [1.807, 2.05) is 0 Å². The molecule has 0 atom stereocenters. The lowest BCUT2D eigenvalue weighted by molar-refractivity contribution is -0.121. The molecular weight excluding hydrogens is 409 g/mol. The molecule has 154 valence electrons. The van der Waals surface area contributed by atoms with Gasteiger partial charge in [0, 0.05) is 18.5 Å². The van der Waals surface area contributed by atoms with Crippen molar-refractivity contribution in [3.05, 3.63) is 92.1 Å². The molecule has 0 bridgehead atoms. The number of hydrogen-bond acceptors (Lipinski definition) is 5. The fourth-order valence-electron chi connectivity index (χ4n) is 3.18. The summed E-state index contributed by atoms with van der Waals surface area (Å²) in [5.41, 5.74) is -0.230. The first kappa shape index (κ1) is 19.8. The number of nitrogens with one attached hydrogen (secondary N) is 1. The fourth-order valence-corrected chi connectivity index (χ4v) is 4.02. The molecule has 1 N–H and O–H groups in total. The van der Waals surface area contributed by atoms with Gasteiger partial charge in [0.05, 0.1) is 24.9 Å². The van der Waals surface area contributed by atoms with Gasteiger partial charge in [-0.15, -0.1) is 11.3 Å². The number of carbonyl (C=O) groups excluding carboxylic acids is 1. The summed E-state index contributed by atoms with van der Waals surface area (Å²) in [6.45, 7) is 0.138. The number of carbonyl (C=O) groups is 1. The van der Waals surface area contributed by atoms with Crippen molar-refractivity contribution in [1.29, 1.82) is 0 Å². The molecule has 0 aliphatic rings. The second-order valence-corrected chi connectivity index (χ2v) is 7.57. The number of benzene rings is 1. The molecule has 1 amide bonds. The average Bonchev–Trinajstić information content (AvgIpc) is 3.43. The summed E-state index contributed by atoms with van der Waals surface area (Å²) < 4.78 is 22.1. The number of hydrogen-bond donors (Lipinski definition) is 1. The van der Waals surface area contributed by atoms with Crippen LogP contribution in [-0.4, -0.2) is 15.0 Å². The van der Waals surface area contributed by atoms with Gasteiger partial charge in [-0.2, -0.15) is 0 Å². The smallest absolute Gasteiger partial charge is 0.331 e. The van der Waals surface area contributed by atoms with Crippen molar-refractivity contribution in [2.75, 3.05) is 0 Å². The summed E-state index contributed by atoms with van der Waals surface area (Å²) in [5.74, 6) is -0.139. The highest BCUT2D eigenvalue weighted by molar-refractivity contribution is 7.17. The number of nitrogens with zero attached hydrogens (tertiary/aromatic N) is 2. The molecule has 0 aliphatic heterocycles. The number of fused-ring (bicyclic) bond motifs is 1. The van der Waals surface area contributed by atoms with E-state index in [0.717, 1.165) is 4.57 Å². The summed E-state index contributed by atoms with van der Waals surface area (Å²) >= 11 is 1.21. The summed E-state index contributed by atoms with van der Waals surface area (Å²) in [7, 11) is 0. The van der Waals surface area contributed by atoms with Crippen molar-refractivity contribution in [1.82, 2.24) is 14.5 Å². The molecule has 4 rings (SSSR count). The highest BCUT2D eigenvalue weighted by Gasteiger charge is 2.16. The largest absolute Gasteiger partial charge is 0.467 e. The number of furan rings is 1. The molecular formula is C21H18FN3O4S. The zero-order valence-corrected chi connectivity index (χ0v) is 16.7. The highest BCUT2D eigenvalue weighted by atomic mass is 32.1. The van der Waals surface area contributed by atoms with E-state index in [-0.39, 0.29) is 32.0 Å². The van der Waals surface area contributed by atoms with Crippen molar-refractivity contribution in [2.45, 2.75) is 26.1 Å². The maximum atomic E-state index is 14.1. The molecule has 0 radical (unpaired) electrons. The third kappa shape index (κ3) is 3.97. The Morgan fingerprint density at radius 3 is 2.70 bits per heavy atom. The second-order valence-electron chi connectivity index (χ2n) is 6.66. The molecule has 4 aromatic rings. The Bertz CT molecular complexity index is 1300.